The van der Waals surface area contributed by atoms with Gasteiger partial charge in [0.05, 0.1) is 30.3 Å². The number of carbonyl (C=O) groups excluding carboxylic acids is 3. The second kappa shape index (κ2) is 11.3. The average molecular weight is 424 g/mol. The van der Waals surface area contributed by atoms with Crippen LogP contribution in [-0.2, 0) is 20.9 Å². The number of nitrogens with one attached hydrogen (secondary N) is 2. The van der Waals surface area contributed by atoms with Crippen LogP contribution in [0.15, 0.2) is 54.6 Å². The highest BCUT2D eigenvalue weighted by molar-refractivity contribution is 6.04. The van der Waals surface area contributed by atoms with Gasteiger partial charge in [-0.25, -0.2) is 0 Å². The molecule has 0 aromatic heterocycles. The van der Waals surface area contributed by atoms with E-state index in [0.717, 1.165) is 24.9 Å². The van der Waals surface area contributed by atoms with Gasteiger partial charge in [-0.3, -0.25) is 19.3 Å². The van der Waals surface area contributed by atoms with Gasteiger partial charge in [0.1, 0.15) is 0 Å². The lowest BCUT2D eigenvalue weighted by molar-refractivity contribution is -0.150. The Balaban J connectivity index is 1.56. The topological polar surface area (TPSA) is 87.7 Å². The standard InChI is InChI=1S/C24H29N3O4/c1-2-31-24(30)19-11-8-14-27(16-19)17-22(28)26-21-13-7-6-12-20(21)23(29)25-15-18-9-4-3-5-10-18/h3-7,9-10,12-13,19H,2,8,11,14-17H2,1H3,(H,25,29)(H,26,28). The SMILES string of the molecule is CCOC(=O)C1CCCN(CC(=O)Nc2ccccc2C(=O)NCc2ccccc2)C1. The number of ether oxygens (including phenoxy) is 1. The van der Waals surface area contributed by atoms with Crippen molar-refractivity contribution < 1.29 is 19.1 Å². The van der Waals surface area contributed by atoms with E-state index in [0.29, 0.717) is 30.9 Å². The second-order valence-corrected chi connectivity index (χ2v) is 7.59. The molecule has 2 N–H and O–H groups in total. The predicted octanol–water partition coefficient (Wildman–Crippen LogP) is 2.83. The van der Waals surface area contributed by atoms with E-state index < -0.39 is 0 Å². The normalized spacial score (nSPS) is 16.4. The van der Waals surface area contributed by atoms with Crippen molar-refractivity contribution in [3.05, 3.63) is 65.7 Å². The van der Waals surface area contributed by atoms with Crippen molar-refractivity contribution >= 4 is 23.5 Å². The van der Waals surface area contributed by atoms with Gasteiger partial charge >= 0.3 is 5.97 Å². The van der Waals surface area contributed by atoms with E-state index in [1.807, 2.05) is 35.2 Å². The summed E-state index contributed by atoms with van der Waals surface area (Å²) in [6, 6.07) is 16.6. The van der Waals surface area contributed by atoms with Crippen molar-refractivity contribution in [3.63, 3.8) is 0 Å². The molecule has 2 aromatic rings. The van der Waals surface area contributed by atoms with Gasteiger partial charge in [-0.15, -0.1) is 0 Å². The number of piperidine rings is 1. The molecule has 31 heavy (non-hydrogen) atoms. The highest BCUT2D eigenvalue weighted by Gasteiger charge is 2.28. The van der Waals surface area contributed by atoms with Crippen LogP contribution in [0.4, 0.5) is 5.69 Å². The summed E-state index contributed by atoms with van der Waals surface area (Å²) in [5, 5.41) is 5.74. The smallest absolute Gasteiger partial charge is 0.310 e. The number of anilines is 1. The third kappa shape index (κ3) is 6.65. The zero-order valence-corrected chi connectivity index (χ0v) is 17.8. The van der Waals surface area contributed by atoms with Crippen LogP contribution >= 0.6 is 0 Å². The largest absolute Gasteiger partial charge is 0.466 e. The number of likely N-dealkylation sites (tertiary alicyclic amines) is 1. The summed E-state index contributed by atoms with van der Waals surface area (Å²) in [5.41, 5.74) is 1.88. The average Bonchev–Trinajstić information content (AvgIpc) is 2.79. The quantitative estimate of drug-likeness (QED) is 0.638. The molecule has 3 rings (SSSR count). The molecular formula is C24H29N3O4. The molecular weight excluding hydrogens is 394 g/mol. The molecule has 2 amide bonds. The Morgan fingerprint density at radius 3 is 2.58 bits per heavy atom. The Morgan fingerprint density at radius 1 is 1.06 bits per heavy atom. The molecule has 1 aliphatic heterocycles. The number of amides is 2. The summed E-state index contributed by atoms with van der Waals surface area (Å²) in [4.78, 5) is 39.3. The van der Waals surface area contributed by atoms with Gasteiger partial charge in [-0.2, -0.15) is 0 Å². The molecule has 0 aliphatic carbocycles. The van der Waals surface area contributed by atoms with Crippen molar-refractivity contribution in [3.8, 4) is 0 Å². The predicted molar refractivity (Wildman–Crippen MR) is 118 cm³/mol. The van der Waals surface area contributed by atoms with Gasteiger partial charge in [-0.05, 0) is 44.0 Å². The van der Waals surface area contributed by atoms with Crippen LogP contribution < -0.4 is 10.6 Å². The Morgan fingerprint density at radius 2 is 1.81 bits per heavy atom. The zero-order valence-electron chi connectivity index (χ0n) is 17.8. The van der Waals surface area contributed by atoms with Crippen LogP contribution in [0.1, 0.15) is 35.7 Å². The fourth-order valence-electron chi connectivity index (χ4n) is 3.71. The maximum atomic E-state index is 12.7. The van der Waals surface area contributed by atoms with Gasteiger partial charge in [0.2, 0.25) is 5.91 Å². The number of carbonyl (C=O) groups is 3. The fourth-order valence-corrected chi connectivity index (χ4v) is 3.71. The minimum Gasteiger partial charge on any atom is -0.466 e. The molecule has 7 nitrogen and oxygen atoms in total. The molecule has 1 atom stereocenters. The Labute approximate surface area is 182 Å². The first-order valence-electron chi connectivity index (χ1n) is 10.7. The van der Waals surface area contributed by atoms with Gasteiger partial charge in [0.15, 0.2) is 0 Å². The van der Waals surface area contributed by atoms with E-state index in [1.54, 1.807) is 31.2 Å². The minimum atomic E-state index is -0.250. The maximum Gasteiger partial charge on any atom is 0.310 e. The lowest BCUT2D eigenvalue weighted by atomic mass is 9.98. The van der Waals surface area contributed by atoms with Crippen molar-refractivity contribution in [1.29, 1.82) is 0 Å². The van der Waals surface area contributed by atoms with Crippen molar-refractivity contribution in [2.45, 2.75) is 26.3 Å². The first-order valence-corrected chi connectivity index (χ1v) is 10.7. The number of nitrogens with zero attached hydrogens (tertiary/aromatic N) is 1. The summed E-state index contributed by atoms with van der Waals surface area (Å²) >= 11 is 0. The maximum absolute atomic E-state index is 12.7. The van der Waals surface area contributed by atoms with Crippen LogP contribution in [0.25, 0.3) is 0 Å². The summed E-state index contributed by atoms with van der Waals surface area (Å²) < 4.78 is 5.12. The molecule has 0 radical (unpaired) electrons. The first kappa shape index (κ1) is 22.5. The molecule has 0 spiro atoms. The molecule has 1 fully saturated rings. The summed E-state index contributed by atoms with van der Waals surface area (Å²) in [6.45, 7) is 3.98. The lowest BCUT2D eigenvalue weighted by Gasteiger charge is -2.30. The van der Waals surface area contributed by atoms with Crippen LogP contribution in [0.3, 0.4) is 0 Å². The van der Waals surface area contributed by atoms with E-state index in [2.05, 4.69) is 10.6 Å². The number of rotatable bonds is 8. The van der Waals surface area contributed by atoms with Crippen molar-refractivity contribution in [1.82, 2.24) is 10.2 Å². The number of hydrogen-bond donors (Lipinski definition) is 2. The highest BCUT2D eigenvalue weighted by atomic mass is 16.5. The molecule has 1 saturated heterocycles. The second-order valence-electron chi connectivity index (χ2n) is 7.59. The summed E-state index contributed by atoms with van der Waals surface area (Å²) in [7, 11) is 0. The van der Waals surface area contributed by atoms with Crippen LogP contribution in [0, 0.1) is 5.92 Å². The van der Waals surface area contributed by atoms with E-state index in [-0.39, 0.29) is 30.2 Å². The lowest BCUT2D eigenvalue weighted by Crippen LogP contribution is -2.43. The molecule has 1 unspecified atom stereocenters. The van der Waals surface area contributed by atoms with Gasteiger partial charge < -0.3 is 15.4 Å². The van der Waals surface area contributed by atoms with Crippen molar-refractivity contribution in [2.75, 3.05) is 31.6 Å². The molecule has 1 aliphatic rings. The summed E-state index contributed by atoms with van der Waals surface area (Å²) in [5.74, 6) is -0.862. The molecule has 2 aromatic carbocycles. The third-order valence-electron chi connectivity index (χ3n) is 5.23. The van der Waals surface area contributed by atoms with E-state index >= 15 is 0 Å². The van der Waals surface area contributed by atoms with Gasteiger partial charge in [0, 0.05) is 13.1 Å². The zero-order chi connectivity index (χ0) is 22.1. The van der Waals surface area contributed by atoms with Crippen LogP contribution in [-0.4, -0.2) is 48.9 Å². The van der Waals surface area contributed by atoms with E-state index in [9.17, 15) is 14.4 Å². The van der Waals surface area contributed by atoms with Crippen LogP contribution in [0.2, 0.25) is 0 Å². The summed E-state index contributed by atoms with van der Waals surface area (Å²) in [6.07, 6.45) is 1.62. The monoisotopic (exact) mass is 423 g/mol. The van der Waals surface area contributed by atoms with Crippen molar-refractivity contribution in [2.24, 2.45) is 5.92 Å². The Kier molecular flexibility index (Phi) is 8.18. The molecule has 0 bridgehead atoms. The van der Waals surface area contributed by atoms with Crippen LogP contribution in [0.5, 0.6) is 0 Å². The number of para-hydroxylation sites is 1. The third-order valence-corrected chi connectivity index (χ3v) is 5.23. The Bertz CT molecular complexity index is 901. The van der Waals surface area contributed by atoms with Gasteiger partial charge in [0.25, 0.3) is 5.91 Å². The molecule has 7 heteroatoms. The number of benzene rings is 2. The minimum absolute atomic E-state index is 0.163. The molecule has 0 saturated carbocycles. The highest BCUT2D eigenvalue weighted by Crippen LogP contribution is 2.19. The van der Waals surface area contributed by atoms with E-state index in [1.165, 1.54) is 0 Å². The Hall–Kier alpha value is -3.19. The number of esters is 1. The fraction of sp³-hybridized carbons (Fsp3) is 0.375. The molecule has 1 heterocycles. The van der Waals surface area contributed by atoms with E-state index in [4.69, 9.17) is 4.74 Å². The molecule has 164 valence electrons. The van der Waals surface area contributed by atoms with Gasteiger partial charge in [-0.1, -0.05) is 42.5 Å². The number of hydrogen-bond acceptors (Lipinski definition) is 5. The first-order chi connectivity index (χ1) is 15.1.